The summed E-state index contributed by atoms with van der Waals surface area (Å²) in [7, 11) is 0. The topological polar surface area (TPSA) is 53.9 Å². The van der Waals surface area contributed by atoms with Gasteiger partial charge in [0.05, 0.1) is 12.3 Å². The molecule has 5 nitrogen and oxygen atoms in total. The number of ether oxygens (including phenoxy) is 1. The minimum Gasteiger partial charge on any atom is -0.494 e. The standard InChI is InChI=1S/C20H23N3O2/c1-3-25-18-12-10-17(11-13-18)23(19-5-4-14-21-19)20(24)22-16-8-6-15(2)7-9-16/h6-13H,3-5,14H2,1-2H3,(H,22,24). The van der Waals surface area contributed by atoms with E-state index in [-0.39, 0.29) is 6.03 Å². The van der Waals surface area contributed by atoms with Crippen molar-refractivity contribution in [1.82, 2.24) is 0 Å². The summed E-state index contributed by atoms with van der Waals surface area (Å²) in [6.45, 7) is 5.35. The fourth-order valence-corrected chi connectivity index (χ4v) is 2.76. The number of aryl methyl sites for hydroxylation is 1. The Bertz CT molecular complexity index is 752. The van der Waals surface area contributed by atoms with E-state index in [1.807, 2.05) is 62.4 Å². The van der Waals surface area contributed by atoms with E-state index in [9.17, 15) is 4.79 Å². The molecule has 5 heteroatoms. The van der Waals surface area contributed by atoms with Gasteiger partial charge in [-0.05, 0) is 56.7 Å². The van der Waals surface area contributed by atoms with Crippen LogP contribution in [0.4, 0.5) is 16.2 Å². The maximum absolute atomic E-state index is 12.9. The number of carbonyl (C=O) groups excluding carboxylic acids is 1. The molecule has 0 spiro atoms. The summed E-state index contributed by atoms with van der Waals surface area (Å²) in [5.41, 5.74) is 2.71. The first kappa shape index (κ1) is 17.0. The molecule has 0 radical (unpaired) electrons. The minimum absolute atomic E-state index is 0.200. The maximum Gasteiger partial charge on any atom is 0.331 e. The highest BCUT2D eigenvalue weighted by Crippen LogP contribution is 2.24. The summed E-state index contributed by atoms with van der Waals surface area (Å²) in [5, 5.41) is 2.96. The lowest BCUT2D eigenvalue weighted by molar-refractivity contribution is 0.259. The van der Waals surface area contributed by atoms with E-state index in [4.69, 9.17) is 4.74 Å². The Morgan fingerprint density at radius 3 is 2.48 bits per heavy atom. The molecule has 2 aromatic rings. The number of nitrogens with one attached hydrogen (secondary N) is 1. The third kappa shape index (κ3) is 4.18. The Balaban J connectivity index is 1.83. The number of nitrogens with zero attached hydrogens (tertiary/aromatic N) is 2. The first-order valence-electron chi connectivity index (χ1n) is 8.61. The Labute approximate surface area is 148 Å². The second-order valence-electron chi connectivity index (χ2n) is 5.96. The number of aliphatic imine (C=N–C) groups is 1. The quantitative estimate of drug-likeness (QED) is 0.885. The van der Waals surface area contributed by atoms with E-state index in [2.05, 4.69) is 10.3 Å². The SMILES string of the molecule is CCOc1ccc(N(C(=O)Nc2ccc(C)cc2)C2=NCCC2)cc1. The average Bonchev–Trinajstić information content (AvgIpc) is 3.13. The van der Waals surface area contributed by atoms with Crippen molar-refractivity contribution in [3.8, 4) is 5.75 Å². The van der Waals surface area contributed by atoms with E-state index < -0.39 is 0 Å². The fourth-order valence-electron chi connectivity index (χ4n) is 2.76. The molecule has 1 aliphatic rings. The van der Waals surface area contributed by atoms with Crippen LogP contribution in [-0.2, 0) is 0 Å². The third-order valence-corrected chi connectivity index (χ3v) is 4.02. The molecular formula is C20H23N3O2. The van der Waals surface area contributed by atoms with Gasteiger partial charge in [-0.15, -0.1) is 0 Å². The number of amidine groups is 1. The second-order valence-corrected chi connectivity index (χ2v) is 5.96. The molecule has 1 heterocycles. The third-order valence-electron chi connectivity index (χ3n) is 4.02. The van der Waals surface area contributed by atoms with E-state index in [0.29, 0.717) is 6.61 Å². The minimum atomic E-state index is -0.200. The molecular weight excluding hydrogens is 314 g/mol. The Morgan fingerprint density at radius 1 is 1.16 bits per heavy atom. The van der Waals surface area contributed by atoms with Crippen molar-refractivity contribution >= 4 is 23.2 Å². The van der Waals surface area contributed by atoms with Crippen molar-refractivity contribution in [2.75, 3.05) is 23.4 Å². The Hall–Kier alpha value is -2.82. The molecule has 0 atom stereocenters. The van der Waals surface area contributed by atoms with Crippen molar-refractivity contribution < 1.29 is 9.53 Å². The van der Waals surface area contributed by atoms with E-state index >= 15 is 0 Å². The lowest BCUT2D eigenvalue weighted by atomic mass is 10.2. The van der Waals surface area contributed by atoms with Crippen LogP contribution in [0.15, 0.2) is 53.5 Å². The van der Waals surface area contributed by atoms with Crippen molar-refractivity contribution in [3.63, 3.8) is 0 Å². The van der Waals surface area contributed by atoms with Crippen LogP contribution in [0.1, 0.15) is 25.3 Å². The Kier molecular flexibility index (Phi) is 5.33. The van der Waals surface area contributed by atoms with E-state index in [0.717, 1.165) is 47.9 Å². The lowest BCUT2D eigenvalue weighted by Crippen LogP contribution is -2.39. The number of anilines is 2. The lowest BCUT2D eigenvalue weighted by Gasteiger charge is -2.23. The van der Waals surface area contributed by atoms with E-state index in [1.165, 1.54) is 0 Å². The van der Waals surface area contributed by atoms with Crippen molar-refractivity contribution in [2.45, 2.75) is 26.7 Å². The molecule has 0 bridgehead atoms. The van der Waals surface area contributed by atoms with Crippen LogP contribution in [0.3, 0.4) is 0 Å². The number of rotatable bonds is 4. The van der Waals surface area contributed by atoms with Crippen LogP contribution >= 0.6 is 0 Å². The monoisotopic (exact) mass is 337 g/mol. The first-order valence-corrected chi connectivity index (χ1v) is 8.61. The van der Waals surface area contributed by atoms with Gasteiger partial charge in [0, 0.05) is 18.7 Å². The number of benzene rings is 2. The molecule has 130 valence electrons. The fraction of sp³-hybridized carbons (Fsp3) is 0.300. The highest BCUT2D eigenvalue weighted by Gasteiger charge is 2.23. The number of carbonyl (C=O) groups is 1. The molecule has 25 heavy (non-hydrogen) atoms. The highest BCUT2D eigenvalue weighted by molar-refractivity contribution is 6.20. The predicted octanol–water partition coefficient (Wildman–Crippen LogP) is 4.62. The summed E-state index contributed by atoms with van der Waals surface area (Å²) < 4.78 is 5.48. The second kappa shape index (κ2) is 7.83. The molecule has 2 aromatic carbocycles. The highest BCUT2D eigenvalue weighted by atomic mass is 16.5. The molecule has 3 rings (SSSR count). The zero-order chi connectivity index (χ0) is 17.6. The number of hydrogen-bond acceptors (Lipinski definition) is 3. The smallest absolute Gasteiger partial charge is 0.331 e. The zero-order valence-corrected chi connectivity index (χ0v) is 14.7. The van der Waals surface area contributed by atoms with Crippen LogP contribution in [0.5, 0.6) is 5.75 Å². The first-order chi connectivity index (χ1) is 12.2. The molecule has 0 fully saturated rings. The molecule has 1 aliphatic heterocycles. The summed E-state index contributed by atoms with van der Waals surface area (Å²) >= 11 is 0. The van der Waals surface area contributed by atoms with Gasteiger partial charge in [0.2, 0.25) is 0 Å². The molecule has 2 amide bonds. The van der Waals surface area contributed by atoms with Gasteiger partial charge in [0.25, 0.3) is 0 Å². The summed E-state index contributed by atoms with van der Waals surface area (Å²) in [4.78, 5) is 19.1. The van der Waals surface area contributed by atoms with Gasteiger partial charge >= 0.3 is 6.03 Å². The molecule has 0 unspecified atom stereocenters. The summed E-state index contributed by atoms with van der Waals surface area (Å²) in [5.74, 6) is 1.59. The predicted molar refractivity (Wildman–Crippen MR) is 102 cm³/mol. The maximum atomic E-state index is 12.9. The largest absolute Gasteiger partial charge is 0.494 e. The molecule has 0 aromatic heterocycles. The van der Waals surface area contributed by atoms with Gasteiger partial charge in [-0.3, -0.25) is 9.89 Å². The van der Waals surface area contributed by atoms with Gasteiger partial charge in [0.15, 0.2) is 0 Å². The van der Waals surface area contributed by atoms with Crippen LogP contribution in [-0.4, -0.2) is 25.0 Å². The van der Waals surface area contributed by atoms with Crippen LogP contribution < -0.4 is 15.0 Å². The zero-order valence-electron chi connectivity index (χ0n) is 14.7. The van der Waals surface area contributed by atoms with Crippen molar-refractivity contribution in [3.05, 3.63) is 54.1 Å². The van der Waals surface area contributed by atoms with Crippen LogP contribution in [0.2, 0.25) is 0 Å². The van der Waals surface area contributed by atoms with Gasteiger partial charge in [-0.1, -0.05) is 17.7 Å². The van der Waals surface area contributed by atoms with Gasteiger partial charge in [-0.2, -0.15) is 0 Å². The van der Waals surface area contributed by atoms with Crippen molar-refractivity contribution in [2.24, 2.45) is 4.99 Å². The average molecular weight is 337 g/mol. The normalized spacial score (nSPS) is 13.3. The van der Waals surface area contributed by atoms with Crippen LogP contribution in [0, 0.1) is 6.92 Å². The number of hydrogen-bond donors (Lipinski definition) is 1. The van der Waals surface area contributed by atoms with E-state index in [1.54, 1.807) is 4.90 Å². The van der Waals surface area contributed by atoms with Gasteiger partial charge in [0.1, 0.15) is 11.6 Å². The van der Waals surface area contributed by atoms with Gasteiger partial charge < -0.3 is 10.1 Å². The van der Waals surface area contributed by atoms with Crippen LogP contribution in [0.25, 0.3) is 0 Å². The molecule has 0 saturated heterocycles. The molecule has 0 aliphatic carbocycles. The molecule has 0 saturated carbocycles. The number of urea groups is 1. The Morgan fingerprint density at radius 2 is 1.88 bits per heavy atom. The number of amides is 2. The van der Waals surface area contributed by atoms with Crippen molar-refractivity contribution in [1.29, 1.82) is 0 Å². The summed E-state index contributed by atoms with van der Waals surface area (Å²) in [6.07, 6.45) is 1.77. The summed E-state index contributed by atoms with van der Waals surface area (Å²) in [6, 6.07) is 15.1. The van der Waals surface area contributed by atoms with Gasteiger partial charge in [-0.25, -0.2) is 4.79 Å². The molecule has 1 N–H and O–H groups in total.